The topological polar surface area (TPSA) is 86.2 Å². The van der Waals surface area contributed by atoms with Crippen LogP contribution in [0.2, 0.25) is 0 Å². The number of hydrogen-bond donors (Lipinski definition) is 2. The number of anilines is 1. The van der Waals surface area contributed by atoms with Gasteiger partial charge in [0.1, 0.15) is 0 Å². The third kappa shape index (κ3) is 4.26. The zero-order valence-corrected chi connectivity index (χ0v) is 9.36. The molecule has 1 rings (SSSR count). The van der Waals surface area contributed by atoms with Gasteiger partial charge in [0.05, 0.1) is 18.8 Å². The van der Waals surface area contributed by atoms with Crippen molar-refractivity contribution in [2.75, 3.05) is 18.5 Å². The number of aromatic nitrogens is 2. The molecule has 0 radical (unpaired) electrons. The van der Waals surface area contributed by atoms with Gasteiger partial charge in [-0.2, -0.15) is 0 Å². The summed E-state index contributed by atoms with van der Waals surface area (Å²) in [6, 6.07) is 0.148. The van der Waals surface area contributed by atoms with Gasteiger partial charge in [-0.3, -0.25) is 0 Å². The first-order valence-corrected chi connectivity index (χ1v) is 5.04. The summed E-state index contributed by atoms with van der Waals surface area (Å²) in [4.78, 5) is 0. The minimum atomic E-state index is -0.236. The molecule has 0 aliphatic heterocycles. The molecule has 1 unspecified atom stereocenters. The predicted octanol–water partition coefficient (Wildman–Crippen LogP) is 0.926. The first kappa shape index (κ1) is 11.9. The fraction of sp³-hybridized carbons (Fsp3) is 0.778. The van der Waals surface area contributed by atoms with Crippen molar-refractivity contribution in [3.8, 4) is 0 Å². The Morgan fingerprint density at radius 3 is 2.67 bits per heavy atom. The third-order valence-corrected chi connectivity index (χ3v) is 1.66. The Balaban J connectivity index is 2.26. The standard InChI is InChI=1S/C9H18N4O2/c1-6(2)14-5-4-11-9-13-12-8(15-9)7(3)10/h6-7H,4-5,10H2,1-3H3,(H,11,13). The summed E-state index contributed by atoms with van der Waals surface area (Å²) in [6.45, 7) is 7.01. The first-order valence-electron chi connectivity index (χ1n) is 5.04. The van der Waals surface area contributed by atoms with Crippen molar-refractivity contribution in [1.82, 2.24) is 10.2 Å². The summed E-state index contributed by atoms with van der Waals surface area (Å²) in [5.41, 5.74) is 5.57. The molecule has 0 fully saturated rings. The lowest BCUT2D eigenvalue weighted by atomic mass is 10.4. The molecule has 0 saturated heterocycles. The van der Waals surface area contributed by atoms with Crippen LogP contribution < -0.4 is 11.1 Å². The lowest BCUT2D eigenvalue weighted by Crippen LogP contribution is -2.13. The second-order valence-corrected chi connectivity index (χ2v) is 3.58. The van der Waals surface area contributed by atoms with Crippen LogP contribution in [0, 0.1) is 0 Å². The van der Waals surface area contributed by atoms with E-state index in [9.17, 15) is 0 Å². The van der Waals surface area contributed by atoms with Crippen molar-refractivity contribution in [2.45, 2.75) is 32.9 Å². The normalized spacial score (nSPS) is 13.1. The van der Waals surface area contributed by atoms with E-state index in [-0.39, 0.29) is 12.1 Å². The Bertz CT molecular complexity index is 285. The lowest BCUT2D eigenvalue weighted by Gasteiger charge is -2.06. The SMILES string of the molecule is CC(C)OCCNc1nnc(C(C)N)o1. The Hall–Kier alpha value is -1.14. The minimum Gasteiger partial charge on any atom is -0.406 e. The van der Waals surface area contributed by atoms with Crippen molar-refractivity contribution >= 4 is 6.01 Å². The molecule has 0 saturated carbocycles. The molecule has 0 amide bonds. The number of nitrogens with zero attached hydrogens (tertiary/aromatic N) is 2. The van der Waals surface area contributed by atoms with Crippen LogP contribution in [0.3, 0.4) is 0 Å². The first-order chi connectivity index (χ1) is 7.09. The van der Waals surface area contributed by atoms with Gasteiger partial charge in [-0.25, -0.2) is 0 Å². The van der Waals surface area contributed by atoms with Crippen LogP contribution in [-0.4, -0.2) is 29.5 Å². The number of nitrogens with two attached hydrogens (primary N) is 1. The maximum atomic E-state index is 5.57. The van der Waals surface area contributed by atoms with E-state index in [2.05, 4.69) is 15.5 Å². The zero-order chi connectivity index (χ0) is 11.3. The van der Waals surface area contributed by atoms with Gasteiger partial charge in [-0.15, -0.1) is 5.10 Å². The van der Waals surface area contributed by atoms with Crippen LogP contribution in [0.15, 0.2) is 4.42 Å². The van der Waals surface area contributed by atoms with Crippen LogP contribution in [0.1, 0.15) is 32.7 Å². The van der Waals surface area contributed by atoms with Crippen molar-refractivity contribution < 1.29 is 9.15 Å². The molecule has 0 aromatic carbocycles. The highest BCUT2D eigenvalue weighted by molar-refractivity contribution is 5.16. The van der Waals surface area contributed by atoms with Crippen LogP contribution in [-0.2, 0) is 4.74 Å². The van der Waals surface area contributed by atoms with Gasteiger partial charge in [0, 0.05) is 6.54 Å². The van der Waals surface area contributed by atoms with Gasteiger partial charge in [-0.05, 0) is 20.8 Å². The van der Waals surface area contributed by atoms with Crippen LogP contribution in [0.25, 0.3) is 0 Å². The van der Waals surface area contributed by atoms with E-state index in [1.54, 1.807) is 6.92 Å². The Kier molecular flexibility index (Phi) is 4.51. The predicted molar refractivity (Wildman–Crippen MR) is 56.5 cm³/mol. The van der Waals surface area contributed by atoms with Gasteiger partial charge in [0.15, 0.2) is 0 Å². The van der Waals surface area contributed by atoms with Crippen LogP contribution in [0.5, 0.6) is 0 Å². The number of rotatable bonds is 6. The number of nitrogens with one attached hydrogen (secondary N) is 1. The second-order valence-electron chi connectivity index (χ2n) is 3.58. The molecule has 1 heterocycles. The van der Waals surface area contributed by atoms with Gasteiger partial charge in [0.2, 0.25) is 5.89 Å². The fourth-order valence-corrected chi connectivity index (χ4v) is 0.943. The third-order valence-electron chi connectivity index (χ3n) is 1.66. The maximum Gasteiger partial charge on any atom is 0.315 e. The van der Waals surface area contributed by atoms with Gasteiger partial charge in [-0.1, -0.05) is 5.10 Å². The molecule has 0 spiro atoms. The molecule has 1 aromatic heterocycles. The lowest BCUT2D eigenvalue weighted by molar-refractivity contribution is 0.0868. The fourth-order valence-electron chi connectivity index (χ4n) is 0.943. The van der Waals surface area contributed by atoms with E-state index >= 15 is 0 Å². The van der Waals surface area contributed by atoms with Crippen LogP contribution >= 0.6 is 0 Å². The minimum absolute atomic E-state index is 0.231. The van der Waals surface area contributed by atoms with Crippen molar-refractivity contribution in [3.05, 3.63) is 5.89 Å². The summed E-state index contributed by atoms with van der Waals surface area (Å²) < 4.78 is 10.6. The van der Waals surface area contributed by atoms with Crippen molar-refractivity contribution in [1.29, 1.82) is 0 Å². The molecule has 3 N–H and O–H groups in total. The Morgan fingerprint density at radius 1 is 1.40 bits per heavy atom. The average Bonchev–Trinajstić information content (AvgIpc) is 2.60. The number of ether oxygens (including phenoxy) is 1. The zero-order valence-electron chi connectivity index (χ0n) is 9.36. The largest absolute Gasteiger partial charge is 0.406 e. The summed E-state index contributed by atoms with van der Waals surface area (Å²) in [5.74, 6) is 0.433. The monoisotopic (exact) mass is 214 g/mol. The van der Waals surface area contributed by atoms with Crippen molar-refractivity contribution in [2.24, 2.45) is 5.73 Å². The molecule has 0 aliphatic rings. The summed E-state index contributed by atoms with van der Waals surface area (Å²) in [5, 5.41) is 10.5. The summed E-state index contributed by atoms with van der Waals surface area (Å²) in [6.07, 6.45) is 0.231. The summed E-state index contributed by atoms with van der Waals surface area (Å²) >= 11 is 0. The van der Waals surface area contributed by atoms with Crippen molar-refractivity contribution in [3.63, 3.8) is 0 Å². The smallest absolute Gasteiger partial charge is 0.315 e. The molecule has 86 valence electrons. The van der Waals surface area contributed by atoms with Gasteiger partial charge in [0.25, 0.3) is 0 Å². The molecular formula is C9H18N4O2. The molecule has 1 atom stereocenters. The molecule has 0 aliphatic carbocycles. The maximum absolute atomic E-state index is 5.57. The highest BCUT2D eigenvalue weighted by Crippen LogP contribution is 2.10. The van der Waals surface area contributed by atoms with E-state index < -0.39 is 0 Å². The van der Waals surface area contributed by atoms with E-state index in [4.69, 9.17) is 14.9 Å². The van der Waals surface area contributed by atoms with E-state index in [1.165, 1.54) is 0 Å². The van der Waals surface area contributed by atoms with E-state index in [0.29, 0.717) is 25.1 Å². The molecule has 6 heteroatoms. The Labute approximate surface area is 89.2 Å². The van der Waals surface area contributed by atoms with E-state index in [1.807, 2.05) is 13.8 Å². The van der Waals surface area contributed by atoms with Crippen LogP contribution in [0.4, 0.5) is 6.01 Å². The second kappa shape index (κ2) is 5.67. The quantitative estimate of drug-likeness (QED) is 0.685. The molecular weight excluding hydrogens is 196 g/mol. The van der Waals surface area contributed by atoms with Gasteiger partial charge < -0.3 is 20.2 Å². The highest BCUT2D eigenvalue weighted by Gasteiger charge is 2.08. The highest BCUT2D eigenvalue weighted by atomic mass is 16.5. The Morgan fingerprint density at radius 2 is 2.13 bits per heavy atom. The average molecular weight is 214 g/mol. The molecule has 0 bridgehead atoms. The van der Waals surface area contributed by atoms with Gasteiger partial charge >= 0.3 is 6.01 Å². The number of hydrogen-bond acceptors (Lipinski definition) is 6. The molecule has 15 heavy (non-hydrogen) atoms. The molecule has 1 aromatic rings. The summed E-state index contributed by atoms with van der Waals surface area (Å²) in [7, 11) is 0. The van der Waals surface area contributed by atoms with E-state index in [0.717, 1.165) is 0 Å². The molecule has 6 nitrogen and oxygen atoms in total.